The molecule has 5 rings (SSSR count). The van der Waals surface area contributed by atoms with Gasteiger partial charge in [0.25, 0.3) is 11.5 Å². The number of carbonyl (C=O) groups is 1. The van der Waals surface area contributed by atoms with Crippen molar-refractivity contribution in [1.29, 1.82) is 0 Å². The molecular formula is C20H23N5O2. The molecule has 1 aromatic carbocycles. The Bertz CT molecular complexity index is 1090. The number of pyridine rings is 1. The molecule has 1 aliphatic heterocycles. The lowest BCUT2D eigenvalue weighted by molar-refractivity contribution is 0.0631. The Hall–Kier alpha value is -2.67. The maximum absolute atomic E-state index is 13.2. The maximum Gasteiger partial charge on any atom is 0.259 e. The number of piperazine rings is 1. The molecule has 2 aromatic heterocycles. The summed E-state index contributed by atoms with van der Waals surface area (Å²) in [7, 11) is 0. The van der Waals surface area contributed by atoms with Crippen molar-refractivity contribution in [3.8, 4) is 0 Å². The molecule has 0 bridgehead atoms. The third kappa shape index (κ3) is 2.92. The first-order chi connectivity index (χ1) is 13.1. The van der Waals surface area contributed by atoms with E-state index in [2.05, 4.69) is 20.1 Å². The van der Waals surface area contributed by atoms with Gasteiger partial charge in [-0.25, -0.2) is 0 Å². The van der Waals surface area contributed by atoms with Gasteiger partial charge in [-0.1, -0.05) is 0 Å². The quantitative estimate of drug-likeness (QED) is 0.742. The normalized spacial score (nSPS) is 18.5. The Balaban J connectivity index is 1.45. The van der Waals surface area contributed by atoms with Gasteiger partial charge in [-0.05, 0) is 43.4 Å². The number of benzene rings is 1. The van der Waals surface area contributed by atoms with Gasteiger partial charge in [0.1, 0.15) is 0 Å². The number of amides is 1. The summed E-state index contributed by atoms with van der Waals surface area (Å²) < 4.78 is 0. The number of aromatic nitrogens is 3. The van der Waals surface area contributed by atoms with Crippen LogP contribution >= 0.6 is 0 Å². The fraction of sp³-hybridized carbons (Fsp3) is 0.450. The Labute approximate surface area is 156 Å². The lowest BCUT2D eigenvalue weighted by atomic mass is 10.0. The molecule has 27 heavy (non-hydrogen) atoms. The number of hydrogen-bond donors (Lipinski definition) is 2. The summed E-state index contributed by atoms with van der Waals surface area (Å²) in [5.74, 6) is 0.952. The summed E-state index contributed by atoms with van der Waals surface area (Å²) in [4.78, 5) is 32.6. The molecule has 0 radical (unpaired) electrons. The molecular weight excluding hydrogens is 342 g/mol. The highest BCUT2D eigenvalue weighted by Gasteiger charge is 2.28. The molecule has 0 atom stereocenters. The molecule has 1 aliphatic carbocycles. The monoisotopic (exact) mass is 365 g/mol. The van der Waals surface area contributed by atoms with Crippen LogP contribution in [0.25, 0.3) is 21.8 Å². The summed E-state index contributed by atoms with van der Waals surface area (Å²) in [5.41, 5.74) is 2.80. The van der Waals surface area contributed by atoms with Gasteiger partial charge in [-0.15, -0.1) is 0 Å². The van der Waals surface area contributed by atoms with Crippen molar-refractivity contribution in [3.63, 3.8) is 0 Å². The van der Waals surface area contributed by atoms with E-state index in [4.69, 9.17) is 0 Å². The minimum absolute atomic E-state index is 0.0688. The molecule has 3 heterocycles. The fourth-order valence-electron chi connectivity index (χ4n) is 4.07. The zero-order chi connectivity index (χ0) is 18.5. The van der Waals surface area contributed by atoms with Crippen molar-refractivity contribution < 1.29 is 4.79 Å². The van der Waals surface area contributed by atoms with Crippen molar-refractivity contribution >= 4 is 27.7 Å². The Morgan fingerprint density at radius 1 is 1.19 bits per heavy atom. The van der Waals surface area contributed by atoms with E-state index in [1.54, 1.807) is 0 Å². The van der Waals surface area contributed by atoms with Crippen LogP contribution in [-0.4, -0.2) is 63.6 Å². The van der Waals surface area contributed by atoms with Crippen LogP contribution in [0, 0.1) is 12.8 Å². The van der Waals surface area contributed by atoms with Gasteiger partial charge in [0.2, 0.25) is 0 Å². The SMILES string of the molecule is Cc1cc2[nH]c(=O)c3cn[nH]c3c2cc1C(=O)N1CCN(CC2CC2)CC1. The number of aromatic amines is 2. The molecule has 0 spiro atoms. The van der Waals surface area contributed by atoms with Crippen LogP contribution in [0.3, 0.4) is 0 Å². The van der Waals surface area contributed by atoms with Crippen LogP contribution < -0.4 is 5.56 Å². The van der Waals surface area contributed by atoms with E-state index in [9.17, 15) is 9.59 Å². The number of rotatable bonds is 3. The number of nitrogens with one attached hydrogen (secondary N) is 2. The second kappa shape index (κ2) is 6.20. The lowest BCUT2D eigenvalue weighted by Gasteiger charge is -2.35. The predicted molar refractivity (Wildman–Crippen MR) is 104 cm³/mol. The molecule has 2 aliphatic rings. The zero-order valence-corrected chi connectivity index (χ0v) is 15.4. The number of nitrogens with zero attached hydrogens (tertiary/aromatic N) is 3. The van der Waals surface area contributed by atoms with Crippen LogP contribution in [0.4, 0.5) is 0 Å². The Morgan fingerprint density at radius 3 is 2.70 bits per heavy atom. The van der Waals surface area contributed by atoms with Crippen molar-refractivity contribution in [3.05, 3.63) is 39.8 Å². The Kier molecular flexibility index (Phi) is 3.79. The molecule has 140 valence electrons. The molecule has 1 saturated carbocycles. The van der Waals surface area contributed by atoms with Crippen LogP contribution in [0.2, 0.25) is 0 Å². The highest BCUT2D eigenvalue weighted by Crippen LogP contribution is 2.30. The minimum atomic E-state index is -0.170. The number of hydrogen-bond acceptors (Lipinski definition) is 4. The lowest BCUT2D eigenvalue weighted by Crippen LogP contribution is -2.49. The van der Waals surface area contributed by atoms with Gasteiger partial charge in [-0.2, -0.15) is 5.10 Å². The topological polar surface area (TPSA) is 85.1 Å². The van der Waals surface area contributed by atoms with E-state index in [-0.39, 0.29) is 11.5 Å². The van der Waals surface area contributed by atoms with E-state index in [0.717, 1.165) is 48.6 Å². The van der Waals surface area contributed by atoms with Gasteiger partial charge in [-0.3, -0.25) is 19.6 Å². The summed E-state index contributed by atoms with van der Waals surface area (Å²) in [5, 5.41) is 8.22. The first-order valence-electron chi connectivity index (χ1n) is 9.61. The summed E-state index contributed by atoms with van der Waals surface area (Å²) in [6.07, 6.45) is 4.24. The molecule has 1 amide bonds. The van der Waals surface area contributed by atoms with Crippen LogP contribution in [0.15, 0.2) is 23.1 Å². The van der Waals surface area contributed by atoms with Crippen molar-refractivity contribution in [2.45, 2.75) is 19.8 Å². The summed E-state index contributed by atoms with van der Waals surface area (Å²) in [6.45, 7) is 6.55. The second-order valence-corrected chi connectivity index (χ2v) is 7.86. The smallest absolute Gasteiger partial charge is 0.259 e. The van der Waals surface area contributed by atoms with Crippen LogP contribution in [0.5, 0.6) is 0 Å². The standard InChI is InChI=1S/C20H23N5O2/c1-12-8-17-15(18-16(10-21-23-18)19(26)22-17)9-14(12)20(27)25-6-4-24(5-7-25)11-13-2-3-13/h8-10,13H,2-7,11H2,1H3,(H,21,23)(H,22,26). The largest absolute Gasteiger partial charge is 0.336 e. The van der Waals surface area contributed by atoms with Crippen LogP contribution in [-0.2, 0) is 0 Å². The molecule has 2 fully saturated rings. The van der Waals surface area contributed by atoms with Gasteiger partial charge < -0.3 is 9.88 Å². The summed E-state index contributed by atoms with van der Waals surface area (Å²) in [6, 6.07) is 3.77. The molecule has 0 unspecified atom stereocenters. The van der Waals surface area contributed by atoms with E-state index in [0.29, 0.717) is 16.5 Å². The summed E-state index contributed by atoms with van der Waals surface area (Å²) >= 11 is 0. The van der Waals surface area contributed by atoms with E-state index in [1.165, 1.54) is 25.6 Å². The van der Waals surface area contributed by atoms with E-state index in [1.807, 2.05) is 24.0 Å². The molecule has 7 heteroatoms. The molecule has 1 saturated heterocycles. The van der Waals surface area contributed by atoms with E-state index >= 15 is 0 Å². The second-order valence-electron chi connectivity index (χ2n) is 7.86. The van der Waals surface area contributed by atoms with E-state index < -0.39 is 0 Å². The number of aryl methyl sites for hydroxylation is 1. The molecule has 2 N–H and O–H groups in total. The van der Waals surface area contributed by atoms with Crippen molar-refractivity contribution in [1.82, 2.24) is 25.0 Å². The van der Waals surface area contributed by atoms with Gasteiger partial charge in [0, 0.05) is 43.7 Å². The van der Waals surface area contributed by atoms with Gasteiger partial charge >= 0.3 is 0 Å². The molecule has 7 nitrogen and oxygen atoms in total. The predicted octanol–water partition coefficient (Wildman–Crippen LogP) is 1.88. The average molecular weight is 365 g/mol. The zero-order valence-electron chi connectivity index (χ0n) is 15.4. The van der Waals surface area contributed by atoms with Crippen molar-refractivity contribution in [2.24, 2.45) is 5.92 Å². The number of H-pyrrole nitrogens is 2. The van der Waals surface area contributed by atoms with Crippen molar-refractivity contribution in [2.75, 3.05) is 32.7 Å². The van der Waals surface area contributed by atoms with Gasteiger partial charge in [0.15, 0.2) is 0 Å². The number of carbonyl (C=O) groups excluding carboxylic acids is 1. The number of fused-ring (bicyclic) bond motifs is 3. The maximum atomic E-state index is 13.2. The molecule has 3 aromatic rings. The third-order valence-corrected chi connectivity index (χ3v) is 5.87. The highest BCUT2D eigenvalue weighted by molar-refractivity contribution is 6.07. The van der Waals surface area contributed by atoms with Crippen LogP contribution in [0.1, 0.15) is 28.8 Å². The third-order valence-electron chi connectivity index (χ3n) is 5.87. The minimum Gasteiger partial charge on any atom is -0.336 e. The highest BCUT2D eigenvalue weighted by atomic mass is 16.2. The average Bonchev–Trinajstić information content (AvgIpc) is 3.33. The Morgan fingerprint density at radius 2 is 1.96 bits per heavy atom. The first-order valence-corrected chi connectivity index (χ1v) is 9.61. The van der Waals surface area contributed by atoms with Gasteiger partial charge in [0.05, 0.1) is 22.6 Å². The fourth-order valence-corrected chi connectivity index (χ4v) is 4.07. The first kappa shape index (κ1) is 16.5.